The summed E-state index contributed by atoms with van der Waals surface area (Å²) in [5.74, 6) is 0.346. The van der Waals surface area contributed by atoms with Crippen molar-refractivity contribution in [1.29, 1.82) is 0 Å². The number of rotatable bonds is 1. The van der Waals surface area contributed by atoms with E-state index >= 15 is 0 Å². The highest BCUT2D eigenvalue weighted by Gasteiger charge is 2.29. The predicted octanol–water partition coefficient (Wildman–Crippen LogP) is 2.04. The van der Waals surface area contributed by atoms with Crippen LogP contribution in [-0.4, -0.2) is 34.4 Å². The van der Waals surface area contributed by atoms with E-state index in [0.717, 1.165) is 12.2 Å². The number of fused-ring (bicyclic) bond motifs is 2. The molecule has 6 heteroatoms. The number of hydrogen-bond acceptors (Lipinski definition) is 3. The standard InChI is InChI=1S/C17H17N3O3/c1-11-14-3-2-6-19(14)7-8-20(11)17(22)12-4-5-13-15(9-12)23-10-16(21)18-13/h2-6,9,11H,7-8,10H2,1H3,(H,18,21). The smallest absolute Gasteiger partial charge is 0.262 e. The van der Waals surface area contributed by atoms with Gasteiger partial charge in [0.25, 0.3) is 11.8 Å². The molecule has 6 nitrogen and oxygen atoms in total. The minimum Gasteiger partial charge on any atom is -0.482 e. The average Bonchev–Trinajstić information content (AvgIpc) is 3.03. The zero-order valence-electron chi connectivity index (χ0n) is 12.8. The monoisotopic (exact) mass is 311 g/mol. The second kappa shape index (κ2) is 5.15. The Morgan fingerprint density at radius 1 is 1.30 bits per heavy atom. The Bertz CT molecular complexity index is 796. The molecule has 2 aromatic rings. The minimum atomic E-state index is -0.179. The van der Waals surface area contributed by atoms with E-state index in [-0.39, 0.29) is 24.5 Å². The highest BCUT2D eigenvalue weighted by Crippen LogP contribution is 2.31. The fourth-order valence-electron chi connectivity index (χ4n) is 3.23. The number of nitrogens with zero attached hydrogens (tertiary/aromatic N) is 2. The Kier molecular flexibility index (Phi) is 3.11. The number of carbonyl (C=O) groups excluding carboxylic acids is 2. The summed E-state index contributed by atoms with van der Waals surface area (Å²) in [5, 5.41) is 2.73. The van der Waals surface area contributed by atoms with Crippen LogP contribution < -0.4 is 10.1 Å². The molecule has 2 aliphatic heterocycles. The number of aromatic nitrogens is 1. The van der Waals surface area contributed by atoms with Crippen molar-refractivity contribution in [3.05, 3.63) is 47.8 Å². The highest BCUT2D eigenvalue weighted by atomic mass is 16.5. The molecule has 4 rings (SSSR count). The van der Waals surface area contributed by atoms with E-state index in [9.17, 15) is 9.59 Å². The molecule has 0 bridgehead atoms. The molecule has 1 atom stereocenters. The molecule has 0 fully saturated rings. The average molecular weight is 311 g/mol. The van der Waals surface area contributed by atoms with Crippen molar-refractivity contribution >= 4 is 17.5 Å². The molecule has 2 amide bonds. The first-order valence-electron chi connectivity index (χ1n) is 7.66. The second-order valence-electron chi connectivity index (χ2n) is 5.85. The van der Waals surface area contributed by atoms with Crippen LogP contribution in [0.5, 0.6) is 5.75 Å². The van der Waals surface area contributed by atoms with Crippen LogP contribution in [0.15, 0.2) is 36.5 Å². The fourth-order valence-corrected chi connectivity index (χ4v) is 3.23. The molecule has 0 saturated carbocycles. The van der Waals surface area contributed by atoms with E-state index in [1.54, 1.807) is 18.2 Å². The third-order valence-electron chi connectivity index (χ3n) is 4.46. The SMILES string of the molecule is CC1c2cccn2CCN1C(=O)c1ccc2c(c1)OCC(=O)N2. The van der Waals surface area contributed by atoms with Gasteiger partial charge in [0.1, 0.15) is 5.75 Å². The predicted molar refractivity (Wildman–Crippen MR) is 84.5 cm³/mol. The summed E-state index contributed by atoms with van der Waals surface area (Å²) < 4.78 is 7.58. The van der Waals surface area contributed by atoms with Crippen LogP contribution in [0.2, 0.25) is 0 Å². The van der Waals surface area contributed by atoms with Crippen molar-refractivity contribution in [3.8, 4) is 5.75 Å². The summed E-state index contributed by atoms with van der Waals surface area (Å²) in [4.78, 5) is 26.1. The number of amides is 2. The molecule has 0 aliphatic carbocycles. The minimum absolute atomic E-state index is 0.0156. The molecule has 1 aromatic carbocycles. The van der Waals surface area contributed by atoms with Crippen molar-refractivity contribution in [1.82, 2.24) is 9.47 Å². The summed E-state index contributed by atoms with van der Waals surface area (Å²) in [6.45, 7) is 3.50. The Morgan fingerprint density at radius 3 is 3.04 bits per heavy atom. The first-order valence-corrected chi connectivity index (χ1v) is 7.66. The van der Waals surface area contributed by atoms with Crippen LogP contribution in [0.25, 0.3) is 0 Å². The van der Waals surface area contributed by atoms with Gasteiger partial charge in [-0.15, -0.1) is 0 Å². The maximum Gasteiger partial charge on any atom is 0.262 e. The van der Waals surface area contributed by atoms with Crippen LogP contribution in [-0.2, 0) is 11.3 Å². The number of benzene rings is 1. The molecule has 2 aliphatic rings. The van der Waals surface area contributed by atoms with Gasteiger partial charge in [0, 0.05) is 30.5 Å². The lowest BCUT2D eigenvalue weighted by atomic mass is 10.1. The molecule has 0 saturated heterocycles. The Balaban J connectivity index is 1.61. The fraction of sp³-hybridized carbons (Fsp3) is 0.294. The lowest BCUT2D eigenvalue weighted by molar-refractivity contribution is -0.118. The third kappa shape index (κ3) is 2.27. The highest BCUT2D eigenvalue weighted by molar-refractivity contribution is 5.99. The van der Waals surface area contributed by atoms with Crippen LogP contribution in [0.1, 0.15) is 29.0 Å². The molecule has 0 radical (unpaired) electrons. The van der Waals surface area contributed by atoms with Crippen LogP contribution in [0, 0.1) is 0 Å². The number of anilines is 1. The molecule has 0 spiro atoms. The number of carbonyl (C=O) groups is 2. The lowest BCUT2D eigenvalue weighted by Crippen LogP contribution is -2.40. The molecule has 1 unspecified atom stereocenters. The molecule has 3 heterocycles. The molecule has 118 valence electrons. The quantitative estimate of drug-likeness (QED) is 0.876. The number of hydrogen-bond donors (Lipinski definition) is 1. The van der Waals surface area contributed by atoms with Gasteiger partial charge in [-0.2, -0.15) is 0 Å². The maximum absolute atomic E-state index is 12.9. The third-order valence-corrected chi connectivity index (χ3v) is 4.46. The summed E-state index contributed by atoms with van der Waals surface area (Å²) in [7, 11) is 0. The van der Waals surface area contributed by atoms with Crippen molar-refractivity contribution in [2.24, 2.45) is 0 Å². The second-order valence-corrected chi connectivity index (χ2v) is 5.85. The molecule has 1 N–H and O–H groups in total. The largest absolute Gasteiger partial charge is 0.482 e. The first-order chi connectivity index (χ1) is 11.1. The molecule has 23 heavy (non-hydrogen) atoms. The van der Waals surface area contributed by atoms with Gasteiger partial charge in [-0.3, -0.25) is 9.59 Å². The topological polar surface area (TPSA) is 63.6 Å². The van der Waals surface area contributed by atoms with Crippen molar-refractivity contribution < 1.29 is 14.3 Å². The van der Waals surface area contributed by atoms with Gasteiger partial charge in [0.2, 0.25) is 0 Å². The summed E-state index contributed by atoms with van der Waals surface area (Å²) in [6, 6.07) is 9.25. The van der Waals surface area contributed by atoms with Gasteiger partial charge < -0.3 is 19.5 Å². The molecule has 1 aromatic heterocycles. The van der Waals surface area contributed by atoms with Crippen molar-refractivity contribution in [3.63, 3.8) is 0 Å². The zero-order valence-corrected chi connectivity index (χ0v) is 12.8. The van der Waals surface area contributed by atoms with E-state index in [2.05, 4.69) is 16.0 Å². The van der Waals surface area contributed by atoms with Gasteiger partial charge in [-0.25, -0.2) is 0 Å². The van der Waals surface area contributed by atoms with Gasteiger partial charge >= 0.3 is 0 Å². The van der Waals surface area contributed by atoms with E-state index in [0.29, 0.717) is 23.5 Å². The first kappa shape index (κ1) is 13.9. The van der Waals surface area contributed by atoms with E-state index in [1.165, 1.54) is 0 Å². The summed E-state index contributed by atoms with van der Waals surface area (Å²) in [5.41, 5.74) is 2.33. The number of ether oxygens (including phenoxy) is 1. The van der Waals surface area contributed by atoms with Crippen molar-refractivity contribution in [2.75, 3.05) is 18.5 Å². The lowest BCUT2D eigenvalue weighted by Gasteiger charge is -2.35. The zero-order chi connectivity index (χ0) is 16.0. The van der Waals surface area contributed by atoms with E-state index in [1.807, 2.05) is 24.1 Å². The Labute approximate surface area is 133 Å². The maximum atomic E-state index is 12.9. The van der Waals surface area contributed by atoms with Gasteiger partial charge in [-0.1, -0.05) is 0 Å². The number of nitrogens with one attached hydrogen (secondary N) is 1. The molecular formula is C17H17N3O3. The summed E-state index contributed by atoms with van der Waals surface area (Å²) >= 11 is 0. The van der Waals surface area contributed by atoms with Crippen LogP contribution in [0.4, 0.5) is 5.69 Å². The Hall–Kier alpha value is -2.76. The van der Waals surface area contributed by atoms with Gasteiger partial charge in [0.05, 0.1) is 11.7 Å². The van der Waals surface area contributed by atoms with Crippen LogP contribution in [0.3, 0.4) is 0 Å². The van der Waals surface area contributed by atoms with E-state index < -0.39 is 0 Å². The normalized spacial score (nSPS) is 19.4. The van der Waals surface area contributed by atoms with Gasteiger partial charge in [-0.05, 0) is 37.3 Å². The van der Waals surface area contributed by atoms with Crippen molar-refractivity contribution in [2.45, 2.75) is 19.5 Å². The van der Waals surface area contributed by atoms with Crippen LogP contribution >= 0.6 is 0 Å². The summed E-state index contributed by atoms with van der Waals surface area (Å²) in [6.07, 6.45) is 2.04. The van der Waals surface area contributed by atoms with E-state index in [4.69, 9.17) is 4.74 Å². The molecular weight excluding hydrogens is 294 g/mol. The Morgan fingerprint density at radius 2 is 2.17 bits per heavy atom. The van der Waals surface area contributed by atoms with Gasteiger partial charge in [0.15, 0.2) is 6.61 Å².